The van der Waals surface area contributed by atoms with Gasteiger partial charge in [-0.3, -0.25) is 4.99 Å². The molecule has 0 bridgehead atoms. The molecule has 0 radical (unpaired) electrons. The van der Waals surface area contributed by atoms with Crippen LogP contribution in [-0.4, -0.2) is 44.5 Å². The summed E-state index contributed by atoms with van der Waals surface area (Å²) in [5, 5.41) is 0. The van der Waals surface area contributed by atoms with Gasteiger partial charge in [-0.05, 0) is 57.8 Å². The lowest BCUT2D eigenvalue weighted by molar-refractivity contribution is 0.203. The van der Waals surface area contributed by atoms with Crippen molar-refractivity contribution in [3.8, 4) is 11.5 Å². The average molecular weight is 330 g/mol. The lowest BCUT2D eigenvalue weighted by Crippen LogP contribution is -2.31. The molecule has 0 atom stereocenters. The maximum Gasteiger partial charge on any atom is 0.163 e. The number of hydrogen-bond acceptors (Lipinski definition) is 4. The first-order chi connectivity index (χ1) is 11.7. The number of nitrogens with zero attached hydrogens (tertiary/aromatic N) is 2. The van der Waals surface area contributed by atoms with Gasteiger partial charge in [0.1, 0.15) is 0 Å². The van der Waals surface area contributed by atoms with E-state index in [1.54, 1.807) is 13.3 Å². The predicted molar refractivity (Wildman–Crippen MR) is 102 cm³/mol. The van der Waals surface area contributed by atoms with Crippen molar-refractivity contribution in [3.05, 3.63) is 24.3 Å². The van der Waals surface area contributed by atoms with E-state index in [2.05, 4.69) is 16.5 Å². The summed E-state index contributed by atoms with van der Waals surface area (Å²) in [5.41, 5.74) is 2.83. The number of piperidine rings is 1. The first kappa shape index (κ1) is 18.5. The molecule has 1 aliphatic rings. The molecule has 4 heteroatoms. The Morgan fingerprint density at radius 2 is 2.00 bits per heavy atom. The van der Waals surface area contributed by atoms with Crippen LogP contribution in [0.2, 0.25) is 0 Å². The Kier molecular flexibility index (Phi) is 7.32. The van der Waals surface area contributed by atoms with Crippen LogP contribution in [0.4, 0.5) is 5.69 Å². The number of allylic oxidation sites excluding steroid dienone is 1. The van der Waals surface area contributed by atoms with Crippen LogP contribution < -0.4 is 9.47 Å². The van der Waals surface area contributed by atoms with E-state index >= 15 is 0 Å². The summed E-state index contributed by atoms with van der Waals surface area (Å²) in [6, 6.07) is 3.91. The largest absolute Gasteiger partial charge is 0.493 e. The standard InChI is InChI=1S/C20H30N2O2/c1-5-21-18-15-20(19(23-4)14-17(18)16(2)3)24-13-9-12-22-10-7-6-8-11-22/h5,14-15H,2,6-13H2,1,3-4H3. The molecule has 24 heavy (non-hydrogen) atoms. The normalized spacial score (nSPS) is 15.6. The molecule has 0 saturated carbocycles. The highest BCUT2D eigenvalue weighted by Crippen LogP contribution is 2.37. The summed E-state index contributed by atoms with van der Waals surface area (Å²) in [7, 11) is 1.67. The second-order valence-electron chi connectivity index (χ2n) is 6.29. The molecule has 1 aromatic carbocycles. The number of hydrogen-bond donors (Lipinski definition) is 0. The van der Waals surface area contributed by atoms with Crippen molar-refractivity contribution in [2.75, 3.05) is 33.4 Å². The van der Waals surface area contributed by atoms with Gasteiger partial charge < -0.3 is 14.4 Å². The van der Waals surface area contributed by atoms with Gasteiger partial charge in [-0.1, -0.05) is 13.0 Å². The number of benzene rings is 1. The summed E-state index contributed by atoms with van der Waals surface area (Å²) >= 11 is 0. The van der Waals surface area contributed by atoms with Gasteiger partial charge in [0.2, 0.25) is 0 Å². The Labute approximate surface area is 146 Å². The Morgan fingerprint density at radius 1 is 1.25 bits per heavy atom. The maximum absolute atomic E-state index is 5.99. The van der Waals surface area contributed by atoms with Gasteiger partial charge in [-0.25, -0.2) is 0 Å². The van der Waals surface area contributed by atoms with Gasteiger partial charge in [-0.2, -0.15) is 0 Å². The molecule has 0 aromatic heterocycles. The molecule has 132 valence electrons. The first-order valence-corrected chi connectivity index (χ1v) is 8.87. The van der Waals surface area contributed by atoms with Gasteiger partial charge in [0.15, 0.2) is 11.5 Å². The number of likely N-dealkylation sites (tertiary alicyclic amines) is 1. The van der Waals surface area contributed by atoms with Crippen molar-refractivity contribution >= 4 is 17.5 Å². The number of aliphatic imine (C=N–C) groups is 1. The van der Waals surface area contributed by atoms with Crippen LogP contribution in [0.3, 0.4) is 0 Å². The first-order valence-electron chi connectivity index (χ1n) is 8.87. The van der Waals surface area contributed by atoms with Crippen LogP contribution in [0.5, 0.6) is 11.5 Å². The fraction of sp³-hybridized carbons (Fsp3) is 0.550. The number of ether oxygens (including phenoxy) is 2. The summed E-state index contributed by atoms with van der Waals surface area (Å²) in [6.07, 6.45) is 6.84. The van der Waals surface area contributed by atoms with Gasteiger partial charge in [0.05, 0.1) is 19.4 Å². The SMILES string of the molecule is C=C(C)c1cc(OC)c(OCCCN2CCCCC2)cc1N=CC. The highest BCUT2D eigenvalue weighted by atomic mass is 16.5. The molecular formula is C20H30N2O2. The molecular weight excluding hydrogens is 300 g/mol. The lowest BCUT2D eigenvalue weighted by Gasteiger charge is -2.26. The zero-order valence-electron chi connectivity index (χ0n) is 15.3. The van der Waals surface area contributed by atoms with Crippen LogP contribution in [0.15, 0.2) is 23.7 Å². The van der Waals surface area contributed by atoms with Gasteiger partial charge in [0, 0.05) is 24.4 Å². The van der Waals surface area contributed by atoms with Crippen LogP contribution >= 0.6 is 0 Å². The van der Waals surface area contributed by atoms with Crippen molar-refractivity contribution in [1.29, 1.82) is 0 Å². The molecule has 0 aliphatic carbocycles. The Bertz CT molecular complexity index is 575. The van der Waals surface area contributed by atoms with Crippen molar-refractivity contribution < 1.29 is 9.47 Å². The molecule has 1 heterocycles. The van der Waals surface area contributed by atoms with E-state index in [0.29, 0.717) is 6.61 Å². The molecule has 0 N–H and O–H groups in total. The van der Waals surface area contributed by atoms with E-state index in [1.165, 1.54) is 32.4 Å². The van der Waals surface area contributed by atoms with Crippen molar-refractivity contribution in [2.24, 2.45) is 4.99 Å². The number of methoxy groups -OCH3 is 1. The van der Waals surface area contributed by atoms with Gasteiger partial charge in [0.25, 0.3) is 0 Å². The van der Waals surface area contributed by atoms with Gasteiger partial charge >= 0.3 is 0 Å². The zero-order chi connectivity index (χ0) is 17.4. The number of rotatable bonds is 8. The molecule has 1 fully saturated rings. The fourth-order valence-electron chi connectivity index (χ4n) is 3.06. The van der Waals surface area contributed by atoms with Crippen LogP contribution in [-0.2, 0) is 0 Å². The minimum Gasteiger partial charge on any atom is -0.493 e. The average Bonchev–Trinajstić information content (AvgIpc) is 2.59. The third-order valence-electron chi connectivity index (χ3n) is 4.33. The molecule has 1 aromatic rings. The van der Waals surface area contributed by atoms with Crippen molar-refractivity contribution in [3.63, 3.8) is 0 Å². The molecule has 0 amide bonds. The van der Waals surface area contributed by atoms with Gasteiger partial charge in [-0.15, -0.1) is 0 Å². The Balaban J connectivity index is 1.99. The smallest absolute Gasteiger partial charge is 0.163 e. The molecule has 4 nitrogen and oxygen atoms in total. The monoisotopic (exact) mass is 330 g/mol. The fourth-order valence-corrected chi connectivity index (χ4v) is 3.06. The highest BCUT2D eigenvalue weighted by Gasteiger charge is 2.13. The molecule has 1 aliphatic heterocycles. The zero-order valence-corrected chi connectivity index (χ0v) is 15.3. The third kappa shape index (κ3) is 5.10. The molecule has 0 spiro atoms. The van der Waals surface area contributed by atoms with Crippen LogP contribution in [0.1, 0.15) is 45.1 Å². The summed E-state index contributed by atoms with van der Waals surface area (Å²) < 4.78 is 11.5. The summed E-state index contributed by atoms with van der Waals surface area (Å²) in [5.74, 6) is 1.49. The van der Waals surface area contributed by atoms with E-state index < -0.39 is 0 Å². The Hall–Kier alpha value is -1.81. The molecule has 0 unspecified atom stereocenters. The predicted octanol–water partition coefficient (Wildman–Crippen LogP) is 4.71. The van der Waals surface area contributed by atoms with Crippen molar-refractivity contribution in [1.82, 2.24) is 4.90 Å². The highest BCUT2D eigenvalue weighted by molar-refractivity contribution is 5.78. The van der Waals surface area contributed by atoms with Crippen LogP contribution in [0, 0.1) is 0 Å². The van der Waals surface area contributed by atoms with E-state index in [1.807, 2.05) is 26.0 Å². The van der Waals surface area contributed by atoms with Crippen LogP contribution in [0.25, 0.3) is 5.57 Å². The minimum atomic E-state index is 0.689. The summed E-state index contributed by atoms with van der Waals surface area (Å²) in [4.78, 5) is 6.96. The van der Waals surface area contributed by atoms with E-state index in [9.17, 15) is 0 Å². The molecule has 1 saturated heterocycles. The minimum absolute atomic E-state index is 0.689. The van der Waals surface area contributed by atoms with Crippen molar-refractivity contribution in [2.45, 2.75) is 39.5 Å². The van der Waals surface area contributed by atoms with E-state index in [0.717, 1.165) is 41.3 Å². The Morgan fingerprint density at radius 3 is 2.62 bits per heavy atom. The topological polar surface area (TPSA) is 34.1 Å². The molecule has 2 rings (SSSR count). The lowest BCUT2D eigenvalue weighted by atomic mass is 10.1. The third-order valence-corrected chi connectivity index (χ3v) is 4.33. The summed E-state index contributed by atoms with van der Waals surface area (Å²) in [6.45, 7) is 12.2. The van der Waals surface area contributed by atoms with E-state index in [4.69, 9.17) is 9.47 Å². The quantitative estimate of drug-likeness (QED) is 0.511. The second kappa shape index (κ2) is 9.48. The van der Waals surface area contributed by atoms with E-state index in [-0.39, 0.29) is 0 Å². The maximum atomic E-state index is 5.99. The second-order valence-corrected chi connectivity index (χ2v) is 6.29.